The van der Waals surface area contributed by atoms with Crippen molar-refractivity contribution in [1.29, 1.82) is 0 Å². The summed E-state index contributed by atoms with van der Waals surface area (Å²) in [4.78, 5) is 20.1. The Hall–Kier alpha value is -3.05. The molecule has 0 bridgehead atoms. The number of alkyl halides is 2. The van der Waals surface area contributed by atoms with Gasteiger partial charge in [0.2, 0.25) is 0 Å². The second kappa shape index (κ2) is 8.76. The summed E-state index contributed by atoms with van der Waals surface area (Å²) in [5, 5.41) is 2.34. The minimum absolute atomic E-state index is 0.107. The molecule has 0 unspecified atom stereocenters. The lowest BCUT2D eigenvalue weighted by atomic mass is 9.90. The molecule has 0 aliphatic carbocycles. The highest BCUT2D eigenvalue weighted by atomic mass is 19.3. The van der Waals surface area contributed by atoms with E-state index in [2.05, 4.69) is 20.0 Å². The SMILES string of the molecule is [2H]C([2H])([2H])OCc1cc(F)cnc1C(=O)Nc1ccc(F)c([C@]2(C(F)F)COCC(N)=N2)c1. The van der Waals surface area contributed by atoms with Gasteiger partial charge in [-0.1, -0.05) is 0 Å². The van der Waals surface area contributed by atoms with E-state index in [1.54, 1.807) is 0 Å². The van der Waals surface area contributed by atoms with Gasteiger partial charge in [0, 0.05) is 23.9 Å². The van der Waals surface area contributed by atoms with Crippen LogP contribution in [0.25, 0.3) is 0 Å². The first kappa shape index (κ1) is 17.8. The number of benzene rings is 1. The highest BCUT2D eigenvalue weighted by Crippen LogP contribution is 2.38. The summed E-state index contributed by atoms with van der Waals surface area (Å²) < 4.78 is 86.9. The van der Waals surface area contributed by atoms with Crippen molar-refractivity contribution >= 4 is 17.4 Å². The Balaban J connectivity index is 1.93. The molecule has 0 spiro atoms. The van der Waals surface area contributed by atoms with Gasteiger partial charge >= 0.3 is 0 Å². The Morgan fingerprint density at radius 2 is 2.23 bits per heavy atom. The highest BCUT2D eigenvalue weighted by molar-refractivity contribution is 6.03. The normalized spacial score (nSPS) is 20.8. The van der Waals surface area contributed by atoms with Crippen molar-refractivity contribution in [3.8, 4) is 0 Å². The van der Waals surface area contributed by atoms with Crippen LogP contribution in [-0.4, -0.2) is 43.4 Å². The van der Waals surface area contributed by atoms with E-state index in [0.717, 1.165) is 30.5 Å². The van der Waals surface area contributed by atoms with Gasteiger partial charge < -0.3 is 20.5 Å². The third-order valence-electron chi connectivity index (χ3n) is 4.34. The Bertz CT molecular complexity index is 1080. The third kappa shape index (κ3) is 4.26. The van der Waals surface area contributed by atoms with Crippen molar-refractivity contribution < 1.29 is 35.9 Å². The molecule has 30 heavy (non-hydrogen) atoms. The summed E-state index contributed by atoms with van der Waals surface area (Å²) in [5.74, 6) is -3.05. The van der Waals surface area contributed by atoms with E-state index >= 15 is 0 Å². The zero-order valence-electron chi connectivity index (χ0n) is 18.3. The van der Waals surface area contributed by atoms with Crippen LogP contribution in [-0.2, 0) is 21.6 Å². The number of carbonyl (C=O) groups is 1. The zero-order chi connectivity index (χ0) is 24.4. The molecule has 0 fully saturated rings. The first-order valence-electron chi connectivity index (χ1n) is 10.0. The number of halogens is 4. The number of rotatable bonds is 6. The number of nitrogens with one attached hydrogen (secondary N) is 1. The van der Waals surface area contributed by atoms with E-state index in [4.69, 9.17) is 14.6 Å². The lowest BCUT2D eigenvalue weighted by Crippen LogP contribution is -2.45. The van der Waals surface area contributed by atoms with Gasteiger partial charge in [0.25, 0.3) is 12.3 Å². The number of hydrogen-bond acceptors (Lipinski definition) is 6. The number of nitrogens with two attached hydrogens (primary N) is 1. The van der Waals surface area contributed by atoms with E-state index in [1.165, 1.54) is 0 Å². The second-order valence-corrected chi connectivity index (χ2v) is 6.42. The van der Waals surface area contributed by atoms with Crippen molar-refractivity contribution in [2.45, 2.75) is 18.6 Å². The number of carbonyl (C=O) groups excluding carboxylic acids is 1. The topological polar surface area (TPSA) is 98.8 Å². The quantitative estimate of drug-likeness (QED) is 0.688. The molecule has 7 nitrogen and oxygen atoms in total. The summed E-state index contributed by atoms with van der Waals surface area (Å²) in [6, 6.07) is 3.78. The van der Waals surface area contributed by atoms with Crippen molar-refractivity contribution in [3.05, 3.63) is 58.9 Å². The zero-order valence-corrected chi connectivity index (χ0v) is 15.3. The van der Waals surface area contributed by atoms with Crippen LogP contribution >= 0.6 is 0 Å². The highest BCUT2D eigenvalue weighted by Gasteiger charge is 2.46. The summed E-state index contributed by atoms with van der Waals surface area (Å²) in [6.07, 6.45) is -2.45. The van der Waals surface area contributed by atoms with E-state index in [0.29, 0.717) is 0 Å². The molecular weight excluding hydrogens is 408 g/mol. The molecule has 0 saturated carbocycles. The third-order valence-corrected chi connectivity index (χ3v) is 4.34. The molecule has 0 radical (unpaired) electrons. The molecule has 3 N–H and O–H groups in total. The summed E-state index contributed by atoms with van der Waals surface area (Å²) in [7, 11) is -2.81. The average molecular weight is 429 g/mol. The Morgan fingerprint density at radius 1 is 1.43 bits per heavy atom. The molecule has 160 valence electrons. The van der Waals surface area contributed by atoms with E-state index in [1.807, 2.05) is 0 Å². The molecule has 1 aliphatic heterocycles. The Labute approximate surface area is 173 Å². The number of aliphatic imine (C=N–C) groups is 1. The van der Waals surface area contributed by atoms with Gasteiger partial charge in [0.1, 0.15) is 29.8 Å². The van der Waals surface area contributed by atoms with E-state index in [9.17, 15) is 22.4 Å². The van der Waals surface area contributed by atoms with Crippen molar-refractivity contribution in [3.63, 3.8) is 0 Å². The number of aromatic nitrogens is 1. The first-order chi connectivity index (χ1) is 15.4. The minimum atomic E-state index is -3.18. The van der Waals surface area contributed by atoms with Gasteiger partial charge in [-0.2, -0.15) is 0 Å². The number of methoxy groups -OCH3 is 1. The van der Waals surface area contributed by atoms with Crippen LogP contribution in [0.1, 0.15) is 25.7 Å². The van der Waals surface area contributed by atoms with Crippen molar-refractivity contribution in [1.82, 2.24) is 4.98 Å². The number of amides is 1. The molecule has 1 aromatic carbocycles. The van der Waals surface area contributed by atoms with Crippen LogP contribution in [0.3, 0.4) is 0 Å². The summed E-state index contributed by atoms with van der Waals surface area (Å²) in [6.45, 7) is -1.49. The second-order valence-electron chi connectivity index (χ2n) is 6.42. The maximum atomic E-state index is 14.5. The lowest BCUT2D eigenvalue weighted by molar-refractivity contribution is -0.0145. The molecule has 11 heteroatoms. The maximum absolute atomic E-state index is 14.5. The standard InChI is InChI=1S/C19H18F4N4O3/c1-29-7-10-4-11(20)6-25-16(10)17(28)26-12-2-3-14(21)13(5-12)19(18(22)23)9-30-8-15(24)27-19/h2-6,18H,7-9H2,1H3,(H2,24,27)(H,26,28)/t19-/m0/s1/i1D3. The number of anilines is 1. The van der Waals surface area contributed by atoms with Crippen LogP contribution in [0.5, 0.6) is 0 Å². The monoisotopic (exact) mass is 429 g/mol. The van der Waals surface area contributed by atoms with Gasteiger partial charge in [0.15, 0.2) is 5.54 Å². The van der Waals surface area contributed by atoms with Crippen LogP contribution in [0, 0.1) is 11.6 Å². The Morgan fingerprint density at radius 3 is 2.93 bits per heavy atom. The predicted molar refractivity (Wildman–Crippen MR) is 99.4 cm³/mol. The largest absolute Gasteiger partial charge is 0.385 e. The van der Waals surface area contributed by atoms with Crippen LogP contribution < -0.4 is 11.1 Å². The fraction of sp³-hybridized carbons (Fsp3) is 0.316. The summed E-state index contributed by atoms with van der Waals surface area (Å²) >= 11 is 0. The predicted octanol–water partition coefficient (Wildman–Crippen LogP) is 2.61. The summed E-state index contributed by atoms with van der Waals surface area (Å²) in [5.41, 5.74) is 1.89. The van der Waals surface area contributed by atoms with Gasteiger partial charge in [-0.3, -0.25) is 9.79 Å². The van der Waals surface area contributed by atoms with E-state index in [-0.39, 0.29) is 29.4 Å². The first-order valence-corrected chi connectivity index (χ1v) is 8.51. The van der Waals surface area contributed by atoms with Gasteiger partial charge in [0.05, 0.1) is 23.5 Å². The van der Waals surface area contributed by atoms with Gasteiger partial charge in [-0.25, -0.2) is 22.5 Å². The van der Waals surface area contributed by atoms with Gasteiger partial charge in [-0.05, 0) is 24.3 Å². The Kier molecular flexibility index (Phi) is 5.19. The van der Waals surface area contributed by atoms with Crippen molar-refractivity contribution in [2.24, 2.45) is 10.7 Å². The molecule has 1 aliphatic rings. The lowest BCUT2D eigenvalue weighted by Gasteiger charge is -2.33. The molecule has 2 heterocycles. The van der Waals surface area contributed by atoms with Crippen LogP contribution in [0.4, 0.5) is 23.2 Å². The molecule has 0 saturated heterocycles. The maximum Gasteiger partial charge on any atom is 0.274 e. The smallest absolute Gasteiger partial charge is 0.274 e. The average Bonchev–Trinajstić information content (AvgIpc) is 2.72. The number of amidine groups is 1. The fourth-order valence-corrected chi connectivity index (χ4v) is 3.00. The van der Waals surface area contributed by atoms with Crippen LogP contribution in [0.15, 0.2) is 35.5 Å². The van der Waals surface area contributed by atoms with Crippen molar-refractivity contribution in [2.75, 3.05) is 25.6 Å². The number of ether oxygens (including phenoxy) is 2. The molecule has 1 aromatic heterocycles. The van der Waals surface area contributed by atoms with Gasteiger partial charge in [-0.15, -0.1) is 0 Å². The number of nitrogens with zero attached hydrogens (tertiary/aromatic N) is 2. The van der Waals surface area contributed by atoms with E-state index < -0.39 is 55.3 Å². The van der Waals surface area contributed by atoms with Crippen LogP contribution in [0.2, 0.25) is 0 Å². The molecular formula is C19H18F4N4O3. The number of pyridine rings is 1. The molecule has 2 aromatic rings. The molecule has 1 amide bonds. The minimum Gasteiger partial charge on any atom is -0.385 e. The number of hydrogen-bond donors (Lipinski definition) is 2. The molecule has 1 atom stereocenters. The fourth-order valence-electron chi connectivity index (χ4n) is 3.00. The molecule has 3 rings (SSSR count).